The van der Waals surface area contributed by atoms with Crippen molar-refractivity contribution in [1.29, 1.82) is 0 Å². The molecule has 0 radical (unpaired) electrons. The van der Waals surface area contributed by atoms with Gasteiger partial charge >= 0.3 is 5.97 Å². The first-order chi connectivity index (χ1) is 17.6. The van der Waals surface area contributed by atoms with Crippen molar-refractivity contribution < 1.29 is 19.4 Å². The van der Waals surface area contributed by atoms with Gasteiger partial charge in [0.2, 0.25) is 0 Å². The van der Waals surface area contributed by atoms with Crippen molar-refractivity contribution in [3.63, 3.8) is 0 Å². The zero-order chi connectivity index (χ0) is 26.4. The SMILES string of the molecule is COC(C)(C)c1cc(-c2sc(C(=O)NC3CC(C(=O)O)C3)nc2CC2CCCCC2)cc(C2(C)CC2)c1. The second-order valence-corrected chi connectivity index (χ2v) is 13.3. The molecule has 200 valence electrons. The van der Waals surface area contributed by atoms with E-state index in [2.05, 4.69) is 44.3 Å². The van der Waals surface area contributed by atoms with E-state index in [1.54, 1.807) is 7.11 Å². The van der Waals surface area contributed by atoms with Gasteiger partial charge in [0.25, 0.3) is 5.91 Å². The van der Waals surface area contributed by atoms with Gasteiger partial charge < -0.3 is 15.2 Å². The van der Waals surface area contributed by atoms with Gasteiger partial charge in [-0.15, -0.1) is 11.3 Å². The summed E-state index contributed by atoms with van der Waals surface area (Å²) in [6.07, 6.45) is 10.5. The number of amides is 1. The molecular formula is C30H40N2O4S. The van der Waals surface area contributed by atoms with Crippen LogP contribution in [0, 0.1) is 11.8 Å². The van der Waals surface area contributed by atoms with Crippen molar-refractivity contribution in [2.24, 2.45) is 11.8 Å². The zero-order valence-corrected chi connectivity index (χ0v) is 23.4. The quantitative estimate of drug-likeness (QED) is 0.393. The van der Waals surface area contributed by atoms with E-state index in [1.165, 1.54) is 61.8 Å². The molecule has 1 aromatic heterocycles. The van der Waals surface area contributed by atoms with Crippen molar-refractivity contribution >= 4 is 23.2 Å². The molecule has 7 heteroatoms. The van der Waals surface area contributed by atoms with Crippen molar-refractivity contribution in [3.8, 4) is 10.4 Å². The molecule has 0 unspecified atom stereocenters. The first kappa shape index (κ1) is 26.4. The number of thiazole rings is 1. The number of methoxy groups -OCH3 is 1. The minimum absolute atomic E-state index is 0.0880. The molecule has 0 bridgehead atoms. The first-order valence-electron chi connectivity index (χ1n) is 13.8. The number of hydrogen-bond acceptors (Lipinski definition) is 5. The molecule has 37 heavy (non-hydrogen) atoms. The Balaban J connectivity index is 1.49. The van der Waals surface area contributed by atoms with Crippen LogP contribution in [0.25, 0.3) is 10.4 Å². The second-order valence-electron chi connectivity index (χ2n) is 12.3. The van der Waals surface area contributed by atoms with Gasteiger partial charge in [0.15, 0.2) is 5.01 Å². The molecule has 5 rings (SSSR count). The number of nitrogens with zero attached hydrogens (tertiary/aromatic N) is 1. The summed E-state index contributed by atoms with van der Waals surface area (Å²) in [7, 11) is 1.75. The summed E-state index contributed by atoms with van der Waals surface area (Å²) in [6.45, 7) is 6.53. The maximum absolute atomic E-state index is 13.2. The monoisotopic (exact) mass is 524 g/mol. The Hall–Kier alpha value is -2.25. The fourth-order valence-electron chi connectivity index (χ4n) is 5.71. The number of hydrogen-bond donors (Lipinski definition) is 2. The molecule has 2 aromatic rings. The molecule has 1 amide bonds. The predicted molar refractivity (Wildman–Crippen MR) is 146 cm³/mol. The van der Waals surface area contributed by atoms with Crippen LogP contribution in [0.4, 0.5) is 0 Å². The van der Waals surface area contributed by atoms with Crippen LogP contribution in [0.15, 0.2) is 18.2 Å². The Morgan fingerprint density at radius 1 is 1.16 bits per heavy atom. The normalized spacial score (nSPS) is 23.4. The lowest BCUT2D eigenvalue weighted by atomic mass is 9.80. The van der Waals surface area contributed by atoms with E-state index in [4.69, 9.17) is 9.72 Å². The molecule has 3 fully saturated rings. The molecule has 1 heterocycles. The molecular weight excluding hydrogens is 484 g/mol. The molecule has 0 saturated heterocycles. The summed E-state index contributed by atoms with van der Waals surface area (Å²) in [5, 5.41) is 12.7. The van der Waals surface area contributed by atoms with Crippen LogP contribution < -0.4 is 5.32 Å². The standard InChI is InChI=1S/C30H40N2O4S/c1-29(2,36-4)21-13-19(14-22(17-21)30(3)10-11-30)25-24(12-18-8-6-5-7-9-18)32-27(37-25)26(33)31-23-15-20(16-23)28(34)35/h13-14,17-18,20,23H,5-12,15-16H2,1-4H3,(H,31,33)(H,34,35). The minimum atomic E-state index is -0.782. The molecule has 0 atom stereocenters. The highest BCUT2D eigenvalue weighted by Gasteiger charge is 2.40. The van der Waals surface area contributed by atoms with Gasteiger partial charge in [-0.3, -0.25) is 9.59 Å². The molecule has 0 aliphatic heterocycles. The molecule has 2 N–H and O–H groups in total. The lowest BCUT2D eigenvalue weighted by molar-refractivity contribution is -0.145. The molecule has 0 spiro atoms. The third-order valence-electron chi connectivity index (χ3n) is 9.02. The Morgan fingerprint density at radius 3 is 2.49 bits per heavy atom. The Labute approximate surface area is 224 Å². The Morgan fingerprint density at radius 2 is 1.86 bits per heavy atom. The third-order valence-corrected chi connectivity index (χ3v) is 10.2. The summed E-state index contributed by atoms with van der Waals surface area (Å²) in [5.74, 6) is -0.714. The fraction of sp³-hybridized carbons (Fsp3) is 0.633. The predicted octanol–water partition coefficient (Wildman–Crippen LogP) is 6.46. The lowest BCUT2D eigenvalue weighted by Gasteiger charge is -2.32. The van der Waals surface area contributed by atoms with Crippen LogP contribution in [-0.4, -0.2) is 35.1 Å². The van der Waals surface area contributed by atoms with Crippen LogP contribution in [0.2, 0.25) is 0 Å². The van der Waals surface area contributed by atoms with E-state index >= 15 is 0 Å². The highest BCUT2D eigenvalue weighted by molar-refractivity contribution is 7.17. The van der Waals surface area contributed by atoms with Crippen molar-refractivity contribution in [2.45, 2.75) is 102 Å². The maximum Gasteiger partial charge on any atom is 0.306 e. The number of carbonyl (C=O) groups is 2. The summed E-state index contributed by atoms with van der Waals surface area (Å²) < 4.78 is 5.87. The number of ether oxygens (including phenoxy) is 1. The highest BCUT2D eigenvalue weighted by Crippen LogP contribution is 2.50. The molecule has 1 aromatic carbocycles. The van der Waals surface area contributed by atoms with Crippen LogP contribution in [-0.2, 0) is 27.0 Å². The molecule has 3 aliphatic rings. The number of aromatic nitrogens is 1. The van der Waals surface area contributed by atoms with E-state index in [1.807, 2.05) is 0 Å². The second kappa shape index (κ2) is 10.1. The van der Waals surface area contributed by atoms with E-state index < -0.39 is 11.6 Å². The van der Waals surface area contributed by atoms with Gasteiger partial charge in [0, 0.05) is 13.2 Å². The molecule has 6 nitrogen and oxygen atoms in total. The Bertz CT molecular complexity index is 1170. The maximum atomic E-state index is 13.2. The number of nitrogens with one attached hydrogen (secondary N) is 1. The third kappa shape index (κ3) is 5.63. The van der Waals surface area contributed by atoms with Crippen molar-refractivity contribution in [2.75, 3.05) is 7.11 Å². The zero-order valence-electron chi connectivity index (χ0n) is 22.6. The van der Waals surface area contributed by atoms with Crippen molar-refractivity contribution in [3.05, 3.63) is 40.0 Å². The van der Waals surface area contributed by atoms with Gasteiger partial charge in [0.1, 0.15) is 0 Å². The summed E-state index contributed by atoms with van der Waals surface area (Å²) in [6, 6.07) is 6.74. The van der Waals surface area contributed by atoms with Crippen LogP contribution in [0.3, 0.4) is 0 Å². The summed E-state index contributed by atoms with van der Waals surface area (Å²) in [4.78, 5) is 30.4. The largest absolute Gasteiger partial charge is 0.481 e. The van der Waals surface area contributed by atoms with E-state index in [-0.39, 0.29) is 23.3 Å². The minimum Gasteiger partial charge on any atom is -0.481 e. The number of carbonyl (C=O) groups excluding carboxylic acids is 1. The van der Waals surface area contributed by atoms with E-state index in [0.717, 1.165) is 28.1 Å². The van der Waals surface area contributed by atoms with Crippen LogP contribution in [0.1, 0.15) is 105 Å². The summed E-state index contributed by atoms with van der Waals surface area (Å²) in [5.41, 5.74) is 4.42. The van der Waals surface area contributed by atoms with Crippen LogP contribution in [0.5, 0.6) is 0 Å². The molecule has 3 aliphatic carbocycles. The molecule has 3 saturated carbocycles. The number of carboxylic acid groups (broad SMARTS) is 1. The average molecular weight is 525 g/mol. The number of benzene rings is 1. The average Bonchev–Trinajstić information content (AvgIpc) is 3.47. The van der Waals surface area contributed by atoms with E-state index in [9.17, 15) is 14.7 Å². The van der Waals surface area contributed by atoms with Gasteiger partial charge in [-0.1, -0.05) is 45.1 Å². The first-order valence-corrected chi connectivity index (χ1v) is 14.6. The van der Waals surface area contributed by atoms with Crippen molar-refractivity contribution in [1.82, 2.24) is 10.3 Å². The summed E-state index contributed by atoms with van der Waals surface area (Å²) >= 11 is 1.48. The topological polar surface area (TPSA) is 88.5 Å². The Kier molecular flexibility index (Phi) is 7.22. The number of carboxylic acids is 1. The highest BCUT2D eigenvalue weighted by atomic mass is 32.1. The fourth-order valence-corrected chi connectivity index (χ4v) is 6.69. The van der Waals surface area contributed by atoms with Gasteiger partial charge in [0.05, 0.1) is 22.1 Å². The van der Waals surface area contributed by atoms with Gasteiger partial charge in [-0.25, -0.2) is 4.98 Å². The van der Waals surface area contributed by atoms with Gasteiger partial charge in [-0.2, -0.15) is 0 Å². The van der Waals surface area contributed by atoms with E-state index in [0.29, 0.717) is 23.8 Å². The smallest absolute Gasteiger partial charge is 0.306 e. The number of rotatable bonds is 9. The lowest BCUT2D eigenvalue weighted by Crippen LogP contribution is -2.46. The van der Waals surface area contributed by atoms with Crippen LogP contribution >= 0.6 is 11.3 Å². The number of aliphatic carboxylic acids is 1. The van der Waals surface area contributed by atoms with Gasteiger partial charge in [-0.05, 0) is 86.1 Å².